The number of sulfone groups is 1. The number of aryl methyl sites for hydroxylation is 1. The molecule has 0 saturated carbocycles. The van der Waals surface area contributed by atoms with E-state index in [2.05, 4.69) is 11.4 Å². The topological polar surface area (TPSA) is 63.2 Å². The highest BCUT2D eigenvalue weighted by atomic mass is 32.2. The molecule has 1 N–H and O–H groups in total. The molecule has 0 radical (unpaired) electrons. The summed E-state index contributed by atoms with van der Waals surface area (Å²) in [5.74, 6) is -0.242. The van der Waals surface area contributed by atoms with Gasteiger partial charge in [0.1, 0.15) is 4.21 Å². The predicted octanol–water partition coefficient (Wildman–Crippen LogP) is 3.92. The fourth-order valence-corrected chi connectivity index (χ4v) is 5.90. The lowest BCUT2D eigenvalue weighted by atomic mass is 10.2. The van der Waals surface area contributed by atoms with E-state index in [9.17, 15) is 13.2 Å². The Bertz CT molecular complexity index is 972. The van der Waals surface area contributed by atoms with Gasteiger partial charge in [0.05, 0.1) is 9.77 Å². The zero-order valence-electron chi connectivity index (χ0n) is 13.6. The number of rotatable bonds is 6. The van der Waals surface area contributed by atoms with Crippen molar-refractivity contribution in [2.24, 2.45) is 0 Å². The van der Waals surface area contributed by atoms with Gasteiger partial charge >= 0.3 is 0 Å². The summed E-state index contributed by atoms with van der Waals surface area (Å²) >= 11 is 2.67. The molecule has 0 spiro atoms. The maximum Gasteiger partial charge on any atom is 0.261 e. The standard InChI is InChI=1S/C18H17NO3S3/c1-13-10-12-23-15(13)9-11-19-18(20)16-7-8-17(24-16)25(21,22)14-5-3-2-4-6-14/h2-8,10,12H,9,11H2,1H3,(H,19,20). The fraction of sp³-hybridized carbons (Fsp3) is 0.167. The smallest absolute Gasteiger partial charge is 0.261 e. The third kappa shape index (κ3) is 4.00. The number of carbonyl (C=O) groups excluding carboxylic acids is 1. The van der Waals surface area contributed by atoms with E-state index in [0.29, 0.717) is 11.4 Å². The average Bonchev–Trinajstić information content (AvgIpc) is 3.26. The SMILES string of the molecule is Cc1ccsc1CCNC(=O)c1ccc(S(=O)(=O)c2ccccc2)s1. The predicted molar refractivity (Wildman–Crippen MR) is 101 cm³/mol. The summed E-state index contributed by atoms with van der Waals surface area (Å²) in [6.45, 7) is 2.58. The third-order valence-corrected chi connectivity index (χ3v) is 8.16. The van der Waals surface area contributed by atoms with Gasteiger partial charge in [-0.2, -0.15) is 0 Å². The van der Waals surface area contributed by atoms with Gasteiger partial charge in [-0.1, -0.05) is 18.2 Å². The Morgan fingerprint density at radius 1 is 1.08 bits per heavy atom. The second-order valence-corrected chi connectivity index (χ2v) is 9.73. The molecule has 0 fully saturated rings. The molecule has 3 aromatic rings. The lowest BCUT2D eigenvalue weighted by Gasteiger charge is -2.03. The molecule has 4 nitrogen and oxygen atoms in total. The molecule has 2 aromatic heterocycles. The van der Waals surface area contributed by atoms with Crippen molar-refractivity contribution in [3.05, 3.63) is 69.2 Å². The van der Waals surface area contributed by atoms with E-state index in [-0.39, 0.29) is 15.0 Å². The minimum Gasteiger partial charge on any atom is -0.351 e. The van der Waals surface area contributed by atoms with Crippen molar-refractivity contribution in [2.45, 2.75) is 22.4 Å². The van der Waals surface area contributed by atoms with Crippen LogP contribution in [0, 0.1) is 6.92 Å². The van der Waals surface area contributed by atoms with Crippen molar-refractivity contribution < 1.29 is 13.2 Å². The van der Waals surface area contributed by atoms with E-state index in [1.54, 1.807) is 47.7 Å². The molecule has 130 valence electrons. The highest BCUT2D eigenvalue weighted by Gasteiger charge is 2.21. The van der Waals surface area contributed by atoms with E-state index >= 15 is 0 Å². The Labute approximate surface area is 155 Å². The van der Waals surface area contributed by atoms with Gasteiger partial charge in [-0.15, -0.1) is 22.7 Å². The number of hydrogen-bond acceptors (Lipinski definition) is 5. The molecule has 1 aromatic carbocycles. The monoisotopic (exact) mass is 391 g/mol. The first-order chi connectivity index (χ1) is 12.0. The van der Waals surface area contributed by atoms with Crippen molar-refractivity contribution in [3.63, 3.8) is 0 Å². The van der Waals surface area contributed by atoms with Crippen LogP contribution in [0.4, 0.5) is 0 Å². The van der Waals surface area contributed by atoms with Gasteiger partial charge in [0, 0.05) is 11.4 Å². The summed E-state index contributed by atoms with van der Waals surface area (Å²) in [6.07, 6.45) is 0.774. The highest BCUT2D eigenvalue weighted by Crippen LogP contribution is 2.27. The van der Waals surface area contributed by atoms with Crippen LogP contribution in [0.25, 0.3) is 0 Å². The van der Waals surface area contributed by atoms with Gasteiger partial charge in [0.25, 0.3) is 5.91 Å². The van der Waals surface area contributed by atoms with Gasteiger partial charge in [-0.05, 0) is 54.6 Å². The lowest BCUT2D eigenvalue weighted by molar-refractivity contribution is 0.0958. The second kappa shape index (κ2) is 7.51. The summed E-state index contributed by atoms with van der Waals surface area (Å²) in [6, 6.07) is 13.3. The Balaban J connectivity index is 1.67. The van der Waals surface area contributed by atoms with Crippen molar-refractivity contribution in [2.75, 3.05) is 6.54 Å². The largest absolute Gasteiger partial charge is 0.351 e. The summed E-state index contributed by atoms with van der Waals surface area (Å²) in [4.78, 5) is 14.1. The molecule has 0 unspecified atom stereocenters. The van der Waals surface area contributed by atoms with Crippen LogP contribution < -0.4 is 5.32 Å². The molecule has 2 heterocycles. The third-order valence-electron chi connectivity index (χ3n) is 3.73. The normalized spacial score (nSPS) is 11.4. The first kappa shape index (κ1) is 17.8. The molecule has 7 heteroatoms. The van der Waals surface area contributed by atoms with E-state index in [4.69, 9.17) is 0 Å². The van der Waals surface area contributed by atoms with Crippen LogP contribution in [0.3, 0.4) is 0 Å². The molecule has 3 rings (SSSR count). The Kier molecular flexibility index (Phi) is 5.36. The quantitative estimate of drug-likeness (QED) is 0.693. The van der Waals surface area contributed by atoms with E-state index in [0.717, 1.165) is 17.8 Å². The van der Waals surface area contributed by atoms with Crippen molar-refractivity contribution in [1.82, 2.24) is 5.32 Å². The first-order valence-electron chi connectivity index (χ1n) is 7.69. The number of thiophene rings is 2. The zero-order valence-corrected chi connectivity index (χ0v) is 16.0. The molecular weight excluding hydrogens is 374 g/mol. The van der Waals surface area contributed by atoms with Gasteiger partial charge in [0.2, 0.25) is 9.84 Å². The second-order valence-electron chi connectivity index (χ2n) is 5.47. The number of carbonyl (C=O) groups is 1. The van der Waals surface area contributed by atoms with Crippen LogP contribution >= 0.6 is 22.7 Å². The van der Waals surface area contributed by atoms with Crippen LogP contribution in [0.5, 0.6) is 0 Å². The minimum atomic E-state index is -3.57. The van der Waals surface area contributed by atoms with Gasteiger partial charge in [-0.25, -0.2) is 8.42 Å². The van der Waals surface area contributed by atoms with Crippen LogP contribution in [-0.2, 0) is 16.3 Å². The minimum absolute atomic E-state index is 0.179. The Morgan fingerprint density at radius 3 is 2.52 bits per heavy atom. The number of hydrogen-bond donors (Lipinski definition) is 1. The fourth-order valence-electron chi connectivity index (χ4n) is 2.34. The van der Waals surface area contributed by atoms with E-state index < -0.39 is 9.84 Å². The zero-order chi connectivity index (χ0) is 17.9. The summed E-state index contributed by atoms with van der Waals surface area (Å²) in [5, 5.41) is 4.89. The lowest BCUT2D eigenvalue weighted by Crippen LogP contribution is -2.24. The van der Waals surface area contributed by atoms with Gasteiger partial charge < -0.3 is 5.32 Å². The van der Waals surface area contributed by atoms with Crippen molar-refractivity contribution in [1.29, 1.82) is 0 Å². The maximum atomic E-state index is 12.6. The molecule has 0 bridgehead atoms. The molecule has 0 aliphatic heterocycles. The summed E-state index contributed by atoms with van der Waals surface area (Å²) < 4.78 is 25.3. The Hall–Kier alpha value is -1.96. The molecule has 25 heavy (non-hydrogen) atoms. The first-order valence-corrected chi connectivity index (χ1v) is 10.9. The number of amides is 1. The Morgan fingerprint density at radius 2 is 1.84 bits per heavy atom. The van der Waals surface area contributed by atoms with Gasteiger partial charge in [-0.3, -0.25) is 4.79 Å². The van der Waals surface area contributed by atoms with Crippen LogP contribution in [0.2, 0.25) is 0 Å². The van der Waals surface area contributed by atoms with Crippen molar-refractivity contribution in [3.8, 4) is 0 Å². The highest BCUT2D eigenvalue weighted by molar-refractivity contribution is 7.93. The van der Waals surface area contributed by atoms with Crippen molar-refractivity contribution >= 4 is 38.4 Å². The average molecular weight is 392 g/mol. The molecule has 0 saturated heterocycles. The molecule has 1 amide bonds. The van der Waals surface area contributed by atoms with Crippen LogP contribution in [-0.4, -0.2) is 20.9 Å². The summed E-state index contributed by atoms with van der Waals surface area (Å²) in [7, 11) is -3.57. The molecule has 0 aliphatic rings. The molecule has 0 atom stereocenters. The van der Waals surface area contributed by atoms with E-state index in [1.807, 2.05) is 12.3 Å². The molecule has 0 aliphatic carbocycles. The van der Waals surface area contributed by atoms with Gasteiger partial charge in [0.15, 0.2) is 0 Å². The molecular formula is C18H17NO3S3. The number of nitrogens with one attached hydrogen (secondary N) is 1. The van der Waals surface area contributed by atoms with Crippen LogP contribution in [0.15, 0.2) is 63.0 Å². The van der Waals surface area contributed by atoms with Crippen LogP contribution in [0.1, 0.15) is 20.1 Å². The van der Waals surface area contributed by atoms with E-state index in [1.165, 1.54) is 16.5 Å². The number of benzene rings is 1. The maximum absolute atomic E-state index is 12.6. The summed E-state index contributed by atoms with van der Waals surface area (Å²) in [5.41, 5.74) is 1.23.